The van der Waals surface area contributed by atoms with Crippen molar-refractivity contribution in [3.05, 3.63) is 71.3 Å². The van der Waals surface area contributed by atoms with Crippen LogP contribution in [0.2, 0.25) is 0 Å². The summed E-state index contributed by atoms with van der Waals surface area (Å²) in [6.07, 6.45) is 2.58. The molecule has 0 aliphatic carbocycles. The van der Waals surface area contributed by atoms with Crippen LogP contribution in [0.5, 0.6) is 0 Å². The second kappa shape index (κ2) is 10.4. The number of halogens is 2. The van der Waals surface area contributed by atoms with Crippen molar-refractivity contribution in [1.82, 2.24) is 10.2 Å². The number of nitrogens with one attached hydrogen (secondary N) is 1. The summed E-state index contributed by atoms with van der Waals surface area (Å²) in [5.41, 5.74) is 2.80. The number of carbonyl (C=O) groups excluding carboxylic acids is 2. The molecule has 154 valence electrons. The van der Waals surface area contributed by atoms with Gasteiger partial charge in [-0.05, 0) is 53.0 Å². The molecule has 5 nitrogen and oxygen atoms in total. The quantitative estimate of drug-likeness (QED) is 0.172. The number of unbranched alkanes of at least 4 members (excludes halogenated alkanes) is 1. The molecule has 0 spiro atoms. The van der Waals surface area contributed by atoms with Crippen LogP contribution < -0.4 is 5.32 Å². The summed E-state index contributed by atoms with van der Waals surface area (Å²) in [6.45, 7) is 1.21. The van der Waals surface area contributed by atoms with E-state index in [1.807, 2.05) is 54.6 Å². The van der Waals surface area contributed by atoms with Crippen LogP contribution in [-0.4, -0.2) is 35.3 Å². The van der Waals surface area contributed by atoms with E-state index in [0.717, 1.165) is 34.9 Å². The number of fused-ring (bicyclic) bond motifs is 1. The molecule has 0 saturated heterocycles. The highest BCUT2D eigenvalue weighted by atomic mass is 127. The van der Waals surface area contributed by atoms with Crippen LogP contribution in [-0.2, 0) is 26.1 Å². The number of benzene rings is 2. The lowest BCUT2D eigenvalue weighted by Crippen LogP contribution is -2.57. The first-order valence-corrected chi connectivity index (χ1v) is 11.9. The Morgan fingerprint density at radius 3 is 2.59 bits per heavy atom. The van der Waals surface area contributed by atoms with Crippen LogP contribution in [0, 0.1) is 0 Å². The third kappa shape index (κ3) is 5.12. The van der Waals surface area contributed by atoms with Gasteiger partial charge < -0.3 is 10.1 Å². The van der Waals surface area contributed by atoms with Crippen molar-refractivity contribution in [2.24, 2.45) is 0 Å². The molecule has 1 N–H and O–H groups in total. The molecular weight excluding hydrogens is 547 g/mol. The van der Waals surface area contributed by atoms with Gasteiger partial charge in [-0.2, -0.15) is 0 Å². The summed E-state index contributed by atoms with van der Waals surface area (Å²) >= 11 is 5.48. The standard InChI is InChI=1S/C22H24BrIN2O3/c23-13-6-7-14-25-21(28)26-15-12-18-10-4-5-11-19(18)22(26,24)20(27)29-16-17-8-2-1-3-9-17/h1-5,8-11H,6-7,12-16H2,(H,25,28)/t22-/m0/s1. The SMILES string of the molecule is O=C(NCCCCBr)N1CCc2ccccc2[C@@]1(I)C(=O)OCc1ccccc1. The highest BCUT2D eigenvalue weighted by Crippen LogP contribution is 2.42. The number of nitrogens with zero attached hydrogens (tertiary/aromatic N) is 1. The van der Waals surface area contributed by atoms with Crippen LogP contribution in [0.3, 0.4) is 0 Å². The lowest BCUT2D eigenvalue weighted by molar-refractivity contribution is -0.152. The Balaban J connectivity index is 1.82. The van der Waals surface area contributed by atoms with Gasteiger partial charge in [0.25, 0.3) is 0 Å². The van der Waals surface area contributed by atoms with Gasteiger partial charge in [0, 0.05) is 24.0 Å². The Kier molecular flexibility index (Phi) is 7.94. The zero-order chi connectivity index (χ0) is 20.7. The van der Waals surface area contributed by atoms with Gasteiger partial charge in [0.05, 0.1) is 0 Å². The summed E-state index contributed by atoms with van der Waals surface area (Å²) < 4.78 is 4.48. The molecule has 0 aromatic heterocycles. The second-order valence-electron chi connectivity index (χ2n) is 6.87. The lowest BCUT2D eigenvalue weighted by Gasteiger charge is -2.42. The molecule has 29 heavy (non-hydrogen) atoms. The minimum Gasteiger partial charge on any atom is -0.458 e. The van der Waals surface area contributed by atoms with Crippen molar-refractivity contribution in [2.75, 3.05) is 18.4 Å². The van der Waals surface area contributed by atoms with Gasteiger partial charge in [0.1, 0.15) is 6.61 Å². The number of amides is 2. The largest absolute Gasteiger partial charge is 0.458 e. The fraction of sp³-hybridized carbons (Fsp3) is 0.364. The molecule has 0 radical (unpaired) electrons. The van der Waals surface area contributed by atoms with Crippen LogP contribution in [0.1, 0.15) is 29.5 Å². The highest BCUT2D eigenvalue weighted by Gasteiger charge is 2.50. The summed E-state index contributed by atoms with van der Waals surface area (Å²) in [6, 6.07) is 17.1. The molecule has 0 saturated carbocycles. The molecule has 1 atom stereocenters. The fourth-order valence-electron chi connectivity index (χ4n) is 3.38. The molecule has 1 heterocycles. The zero-order valence-corrected chi connectivity index (χ0v) is 19.8. The predicted octanol–water partition coefficient (Wildman–Crippen LogP) is 4.76. The first-order valence-electron chi connectivity index (χ1n) is 9.67. The first-order chi connectivity index (χ1) is 14.1. The smallest absolute Gasteiger partial charge is 0.347 e. The minimum absolute atomic E-state index is 0.174. The third-order valence-corrected chi connectivity index (χ3v) is 7.08. The van der Waals surface area contributed by atoms with E-state index in [0.29, 0.717) is 19.5 Å². The lowest BCUT2D eigenvalue weighted by atomic mass is 9.92. The van der Waals surface area contributed by atoms with E-state index >= 15 is 0 Å². The van der Waals surface area contributed by atoms with Gasteiger partial charge in [-0.25, -0.2) is 9.59 Å². The maximum absolute atomic E-state index is 13.3. The molecule has 3 rings (SSSR count). The Hall–Kier alpha value is -1.61. The normalized spacial score (nSPS) is 18.1. The third-order valence-electron chi connectivity index (χ3n) is 4.92. The van der Waals surface area contributed by atoms with E-state index in [1.54, 1.807) is 4.90 Å². The van der Waals surface area contributed by atoms with Gasteiger partial charge in [0.2, 0.25) is 3.55 Å². The van der Waals surface area contributed by atoms with E-state index < -0.39 is 9.51 Å². The minimum atomic E-state index is -1.19. The van der Waals surface area contributed by atoms with Crippen molar-refractivity contribution in [2.45, 2.75) is 29.4 Å². The molecule has 2 amide bonds. The van der Waals surface area contributed by atoms with Crippen molar-refractivity contribution in [3.8, 4) is 0 Å². The maximum atomic E-state index is 13.3. The number of esters is 1. The molecule has 0 unspecified atom stereocenters. The van der Waals surface area contributed by atoms with Gasteiger partial charge in [0.15, 0.2) is 0 Å². The number of ether oxygens (including phenoxy) is 1. The Morgan fingerprint density at radius 1 is 1.10 bits per heavy atom. The number of hydrogen-bond acceptors (Lipinski definition) is 3. The van der Waals surface area contributed by atoms with E-state index in [4.69, 9.17) is 4.74 Å². The Bertz CT molecular complexity index is 849. The number of hydrogen-bond donors (Lipinski definition) is 1. The van der Waals surface area contributed by atoms with Crippen LogP contribution in [0.15, 0.2) is 54.6 Å². The summed E-state index contributed by atoms with van der Waals surface area (Å²) in [4.78, 5) is 27.9. The first kappa shape index (κ1) is 22.1. The monoisotopic (exact) mass is 570 g/mol. The molecule has 1 aliphatic rings. The van der Waals surface area contributed by atoms with Crippen molar-refractivity contribution >= 4 is 50.5 Å². The molecule has 1 aliphatic heterocycles. The van der Waals surface area contributed by atoms with E-state index in [-0.39, 0.29) is 12.6 Å². The Morgan fingerprint density at radius 2 is 1.83 bits per heavy atom. The van der Waals surface area contributed by atoms with Crippen molar-refractivity contribution < 1.29 is 14.3 Å². The fourth-order valence-corrected chi connectivity index (χ4v) is 4.92. The highest BCUT2D eigenvalue weighted by molar-refractivity contribution is 14.1. The number of rotatable bonds is 7. The maximum Gasteiger partial charge on any atom is 0.347 e. The molecule has 2 aromatic carbocycles. The van der Waals surface area contributed by atoms with Gasteiger partial charge in [-0.3, -0.25) is 4.90 Å². The van der Waals surface area contributed by atoms with Crippen molar-refractivity contribution in [1.29, 1.82) is 0 Å². The summed E-state index contributed by atoms with van der Waals surface area (Å²) in [5, 5.41) is 3.86. The number of carbonyl (C=O) groups is 2. The van der Waals surface area contributed by atoms with E-state index in [1.165, 1.54) is 0 Å². The van der Waals surface area contributed by atoms with Crippen LogP contribution in [0.4, 0.5) is 4.79 Å². The topological polar surface area (TPSA) is 58.6 Å². The molecule has 2 aromatic rings. The van der Waals surface area contributed by atoms with Crippen molar-refractivity contribution in [3.63, 3.8) is 0 Å². The number of alkyl halides is 2. The average Bonchev–Trinajstić information content (AvgIpc) is 2.76. The molecular formula is C22H24BrIN2O3. The number of urea groups is 1. The van der Waals surface area contributed by atoms with E-state index in [9.17, 15) is 9.59 Å². The molecule has 7 heteroatoms. The summed E-state index contributed by atoms with van der Waals surface area (Å²) in [5.74, 6) is -0.426. The van der Waals surface area contributed by atoms with Gasteiger partial charge in [-0.1, -0.05) is 70.5 Å². The zero-order valence-electron chi connectivity index (χ0n) is 16.1. The van der Waals surface area contributed by atoms with Gasteiger partial charge >= 0.3 is 12.0 Å². The molecule has 0 fully saturated rings. The van der Waals surface area contributed by atoms with E-state index in [2.05, 4.69) is 43.8 Å². The average molecular weight is 571 g/mol. The predicted molar refractivity (Wildman–Crippen MR) is 125 cm³/mol. The van der Waals surface area contributed by atoms with Crippen LogP contribution >= 0.6 is 38.5 Å². The van der Waals surface area contributed by atoms with Crippen LogP contribution in [0.25, 0.3) is 0 Å². The molecule has 0 bridgehead atoms. The second-order valence-corrected chi connectivity index (χ2v) is 9.22. The summed E-state index contributed by atoms with van der Waals surface area (Å²) in [7, 11) is 0. The van der Waals surface area contributed by atoms with Gasteiger partial charge in [-0.15, -0.1) is 0 Å². The Labute approximate surface area is 193 Å².